The average Bonchev–Trinajstić information content (AvgIpc) is 2.86. The predicted octanol–water partition coefficient (Wildman–Crippen LogP) is 3.52. The van der Waals surface area contributed by atoms with Crippen molar-refractivity contribution in [2.75, 3.05) is 38.5 Å². The largest absolute Gasteiger partial charge is 0.493 e. The van der Waals surface area contributed by atoms with Gasteiger partial charge in [0.25, 0.3) is 0 Å². The van der Waals surface area contributed by atoms with Crippen LogP contribution in [0.2, 0.25) is 0 Å². The summed E-state index contributed by atoms with van der Waals surface area (Å²) in [5.74, 6) is 1.76. The van der Waals surface area contributed by atoms with Crippen LogP contribution in [0.25, 0.3) is 0 Å². The maximum absolute atomic E-state index is 12.3. The molecule has 0 aliphatic rings. The first-order chi connectivity index (χ1) is 16.5. The number of hydrogen-bond donors (Lipinski definition) is 2. The van der Waals surface area contributed by atoms with E-state index in [0.717, 1.165) is 11.3 Å². The minimum atomic E-state index is -0.678. The third-order valence-electron chi connectivity index (χ3n) is 4.89. The van der Waals surface area contributed by atoms with Gasteiger partial charge in [-0.1, -0.05) is 30.3 Å². The van der Waals surface area contributed by atoms with Crippen LogP contribution in [0.3, 0.4) is 0 Å². The van der Waals surface area contributed by atoms with Gasteiger partial charge in [0.1, 0.15) is 12.4 Å². The lowest BCUT2D eigenvalue weighted by atomic mass is 10.2. The van der Waals surface area contributed by atoms with E-state index < -0.39 is 11.8 Å². The van der Waals surface area contributed by atoms with Gasteiger partial charge in [0.05, 0.1) is 21.3 Å². The third-order valence-corrected chi connectivity index (χ3v) is 4.89. The lowest BCUT2D eigenvalue weighted by Gasteiger charge is -2.15. The number of amides is 1. The number of carbonyl (C=O) groups is 1. The molecule has 0 unspecified atom stereocenters. The second-order valence-electron chi connectivity index (χ2n) is 7.17. The summed E-state index contributed by atoms with van der Waals surface area (Å²) in [6, 6.07) is 14.5. The maximum Gasteiger partial charge on any atom is 0.413 e. The van der Waals surface area contributed by atoms with Gasteiger partial charge in [0, 0.05) is 37.1 Å². The smallest absolute Gasteiger partial charge is 0.413 e. The van der Waals surface area contributed by atoms with Crippen molar-refractivity contribution in [2.24, 2.45) is 0 Å². The number of ether oxygens (including phenoxy) is 4. The lowest BCUT2D eigenvalue weighted by Crippen LogP contribution is -2.25. The number of hydrogen-bond acceptors (Lipinski definition) is 8. The van der Waals surface area contributed by atoms with Crippen LogP contribution in [-0.4, -0.2) is 43.5 Å². The molecule has 3 aromatic rings. The summed E-state index contributed by atoms with van der Waals surface area (Å²) in [4.78, 5) is 28.1. The zero-order valence-electron chi connectivity index (χ0n) is 19.4. The van der Waals surface area contributed by atoms with Crippen LogP contribution in [0, 0.1) is 0 Å². The molecule has 10 heteroatoms. The zero-order valence-corrected chi connectivity index (χ0v) is 19.4. The molecule has 0 atom stereocenters. The van der Waals surface area contributed by atoms with Gasteiger partial charge in [-0.05, 0) is 18.1 Å². The third kappa shape index (κ3) is 6.64. The minimum Gasteiger partial charge on any atom is -0.493 e. The molecule has 10 nitrogen and oxygen atoms in total. The number of benzene rings is 2. The van der Waals surface area contributed by atoms with E-state index in [4.69, 9.17) is 18.9 Å². The monoisotopic (exact) mass is 468 g/mol. The molecular formula is C24H28N4O6. The first-order valence-electron chi connectivity index (χ1n) is 10.6. The van der Waals surface area contributed by atoms with Crippen molar-refractivity contribution in [3.8, 4) is 17.2 Å². The van der Waals surface area contributed by atoms with Gasteiger partial charge in [0.2, 0.25) is 5.75 Å². The summed E-state index contributed by atoms with van der Waals surface area (Å²) in [6.45, 7) is 1.17. The Hall–Kier alpha value is -4.21. The molecule has 1 heterocycles. The lowest BCUT2D eigenvalue weighted by molar-refractivity contribution is 0.155. The summed E-state index contributed by atoms with van der Waals surface area (Å²) in [6.07, 6.45) is 1.56. The number of anilines is 2. The molecular weight excluding hydrogens is 440 g/mol. The normalized spacial score (nSPS) is 10.3. The number of aryl methyl sites for hydroxylation is 1. The maximum atomic E-state index is 12.3. The molecule has 2 aromatic carbocycles. The van der Waals surface area contributed by atoms with Gasteiger partial charge in [-0.2, -0.15) is 4.98 Å². The first-order valence-corrected chi connectivity index (χ1v) is 10.6. The number of methoxy groups -OCH3 is 3. The van der Waals surface area contributed by atoms with Gasteiger partial charge >= 0.3 is 11.8 Å². The van der Waals surface area contributed by atoms with Gasteiger partial charge < -0.3 is 24.3 Å². The summed E-state index contributed by atoms with van der Waals surface area (Å²) >= 11 is 0. The zero-order chi connectivity index (χ0) is 24.3. The Balaban J connectivity index is 1.48. The molecule has 1 aromatic heterocycles. The van der Waals surface area contributed by atoms with Crippen LogP contribution in [0.1, 0.15) is 12.0 Å². The average molecular weight is 469 g/mol. The molecule has 1 amide bonds. The van der Waals surface area contributed by atoms with Crippen molar-refractivity contribution in [3.63, 3.8) is 0 Å². The SMILES string of the molecule is COc1cc(NCCCn2ccc(NC(=O)OCc3ccccc3)nc2=O)cc(OC)c1OC. The molecule has 0 bridgehead atoms. The van der Waals surface area contributed by atoms with Crippen LogP contribution < -0.4 is 30.5 Å². The van der Waals surface area contributed by atoms with Gasteiger partial charge in [-0.15, -0.1) is 0 Å². The Morgan fingerprint density at radius 2 is 1.71 bits per heavy atom. The quantitative estimate of drug-likeness (QED) is 0.411. The fourth-order valence-electron chi connectivity index (χ4n) is 3.20. The summed E-state index contributed by atoms with van der Waals surface area (Å²) in [5, 5.41) is 5.74. The second kappa shape index (κ2) is 12.1. The molecule has 0 saturated heterocycles. The molecule has 0 fully saturated rings. The number of rotatable bonds is 11. The minimum absolute atomic E-state index is 0.128. The van der Waals surface area contributed by atoms with Crippen molar-refractivity contribution in [3.05, 3.63) is 70.8 Å². The predicted molar refractivity (Wildman–Crippen MR) is 128 cm³/mol. The molecule has 0 aliphatic carbocycles. The standard InChI is InChI=1S/C24H28N4O6/c1-31-19-14-18(15-20(32-2)22(19)33-3)25-11-7-12-28-13-10-21(26-23(28)29)27-24(30)34-16-17-8-5-4-6-9-17/h4-6,8-10,13-15,25H,7,11-12,16H2,1-3H3,(H,26,27,29,30). The molecule has 2 N–H and O–H groups in total. The Kier molecular flexibility index (Phi) is 8.73. The van der Waals surface area contributed by atoms with Crippen molar-refractivity contribution < 1.29 is 23.7 Å². The van der Waals surface area contributed by atoms with Crippen LogP contribution in [0.5, 0.6) is 17.2 Å². The van der Waals surface area contributed by atoms with Gasteiger partial charge in [-0.25, -0.2) is 9.59 Å². The van der Waals surface area contributed by atoms with E-state index in [2.05, 4.69) is 15.6 Å². The Morgan fingerprint density at radius 1 is 1.00 bits per heavy atom. The number of nitrogens with zero attached hydrogens (tertiary/aromatic N) is 2. The highest BCUT2D eigenvalue weighted by molar-refractivity contribution is 5.83. The van der Waals surface area contributed by atoms with Crippen molar-refractivity contribution in [1.29, 1.82) is 0 Å². The second-order valence-corrected chi connectivity index (χ2v) is 7.17. The molecule has 0 aliphatic heterocycles. The van der Waals surface area contributed by atoms with E-state index in [1.807, 2.05) is 42.5 Å². The summed E-state index contributed by atoms with van der Waals surface area (Å²) < 4.78 is 22.6. The van der Waals surface area contributed by atoms with Gasteiger partial charge in [0.15, 0.2) is 11.5 Å². The highest BCUT2D eigenvalue weighted by Crippen LogP contribution is 2.39. The van der Waals surface area contributed by atoms with E-state index in [1.165, 1.54) is 4.57 Å². The van der Waals surface area contributed by atoms with Crippen LogP contribution in [-0.2, 0) is 17.9 Å². The van der Waals surface area contributed by atoms with Crippen molar-refractivity contribution >= 4 is 17.6 Å². The van der Waals surface area contributed by atoms with Crippen LogP contribution in [0.4, 0.5) is 16.3 Å². The van der Waals surface area contributed by atoms with Crippen LogP contribution >= 0.6 is 0 Å². The Labute approximate surface area is 197 Å². The van der Waals surface area contributed by atoms with Gasteiger partial charge in [-0.3, -0.25) is 9.88 Å². The van der Waals surface area contributed by atoms with E-state index in [0.29, 0.717) is 36.8 Å². The molecule has 0 spiro atoms. The molecule has 0 radical (unpaired) electrons. The summed E-state index contributed by atoms with van der Waals surface area (Å²) in [7, 11) is 4.66. The summed E-state index contributed by atoms with van der Waals surface area (Å²) in [5.41, 5.74) is 1.20. The van der Waals surface area contributed by atoms with Crippen LogP contribution in [0.15, 0.2) is 59.5 Å². The topological polar surface area (TPSA) is 113 Å². The fourth-order valence-corrected chi connectivity index (χ4v) is 3.20. The van der Waals surface area contributed by atoms with Crippen molar-refractivity contribution in [2.45, 2.75) is 19.6 Å². The van der Waals surface area contributed by atoms with E-state index in [-0.39, 0.29) is 12.4 Å². The molecule has 3 rings (SSSR count). The van der Waals surface area contributed by atoms with E-state index >= 15 is 0 Å². The molecule has 34 heavy (non-hydrogen) atoms. The van der Waals surface area contributed by atoms with E-state index in [9.17, 15) is 9.59 Å². The Bertz CT molecular complexity index is 1120. The fraction of sp³-hybridized carbons (Fsp3) is 0.292. The highest BCUT2D eigenvalue weighted by atomic mass is 16.5. The molecule has 0 saturated carbocycles. The molecule has 180 valence electrons. The number of carbonyl (C=O) groups excluding carboxylic acids is 1. The first kappa shape index (κ1) is 24.4. The van der Waals surface area contributed by atoms with Crippen molar-refractivity contribution in [1.82, 2.24) is 9.55 Å². The highest BCUT2D eigenvalue weighted by Gasteiger charge is 2.13. The number of nitrogens with one attached hydrogen (secondary N) is 2. The number of aromatic nitrogens is 2. The Morgan fingerprint density at radius 3 is 2.32 bits per heavy atom. The van der Waals surface area contributed by atoms with E-state index in [1.54, 1.807) is 33.6 Å².